The van der Waals surface area contributed by atoms with Crippen molar-refractivity contribution in [3.63, 3.8) is 0 Å². The fourth-order valence-electron chi connectivity index (χ4n) is 3.55. The minimum atomic E-state index is -3.59. The molecule has 172 valence electrons. The monoisotopic (exact) mass is 450 g/mol. The molecule has 1 saturated heterocycles. The third-order valence-electron chi connectivity index (χ3n) is 5.50. The zero-order valence-electron chi connectivity index (χ0n) is 19.0. The number of carbonyl (C=O) groups is 2. The van der Waals surface area contributed by atoms with E-state index in [0.29, 0.717) is 31.8 Å². The third kappa shape index (κ3) is 6.64. The van der Waals surface area contributed by atoms with Crippen molar-refractivity contribution in [1.82, 2.24) is 9.21 Å². The van der Waals surface area contributed by atoms with E-state index in [-0.39, 0.29) is 30.5 Å². The molecule has 0 radical (unpaired) electrons. The Kier molecular flexibility index (Phi) is 8.82. The maximum atomic E-state index is 12.9. The molecule has 1 fully saturated rings. The van der Waals surface area contributed by atoms with Crippen LogP contribution in [-0.4, -0.2) is 62.3 Å². The van der Waals surface area contributed by atoms with Crippen molar-refractivity contribution >= 4 is 21.9 Å². The van der Waals surface area contributed by atoms with Crippen molar-refractivity contribution < 1.29 is 22.7 Å². The highest BCUT2D eigenvalue weighted by atomic mass is 32.2. The number of sulfonamides is 1. The zero-order chi connectivity index (χ0) is 23.2. The van der Waals surface area contributed by atoms with E-state index in [9.17, 15) is 18.0 Å². The summed E-state index contributed by atoms with van der Waals surface area (Å²) in [6.45, 7) is 12.7. The summed E-state index contributed by atoms with van der Waals surface area (Å²) in [5.74, 6) is -0.781. The Bertz CT molecular complexity index is 885. The fraction of sp³-hybridized carbons (Fsp3) is 0.565. The molecule has 1 aliphatic heterocycles. The molecule has 2 rings (SSSR count). The molecule has 0 atom stereocenters. The molecule has 0 N–H and O–H groups in total. The van der Waals surface area contributed by atoms with Gasteiger partial charge in [0.1, 0.15) is 0 Å². The first-order chi connectivity index (χ1) is 14.6. The summed E-state index contributed by atoms with van der Waals surface area (Å²) in [6.07, 6.45) is 0.749. The minimum Gasteiger partial charge on any atom is -0.455 e. The van der Waals surface area contributed by atoms with E-state index in [1.807, 2.05) is 26.0 Å². The Morgan fingerprint density at radius 2 is 1.77 bits per heavy atom. The van der Waals surface area contributed by atoms with Gasteiger partial charge in [0.2, 0.25) is 10.0 Å². The van der Waals surface area contributed by atoms with E-state index in [1.54, 1.807) is 17.0 Å². The van der Waals surface area contributed by atoms with Gasteiger partial charge in [0.25, 0.3) is 5.91 Å². The zero-order valence-corrected chi connectivity index (χ0v) is 19.8. The van der Waals surface area contributed by atoms with Crippen LogP contribution in [0.5, 0.6) is 0 Å². The van der Waals surface area contributed by atoms with Gasteiger partial charge in [-0.1, -0.05) is 38.1 Å². The largest absolute Gasteiger partial charge is 0.455 e. The molecule has 0 aromatic heterocycles. The van der Waals surface area contributed by atoms with Gasteiger partial charge in [0.15, 0.2) is 6.61 Å². The summed E-state index contributed by atoms with van der Waals surface area (Å²) in [4.78, 5) is 26.5. The lowest BCUT2D eigenvalue weighted by molar-refractivity contribution is -0.156. The molecule has 1 aromatic carbocycles. The molecule has 7 nitrogen and oxygen atoms in total. The molecule has 1 aliphatic rings. The van der Waals surface area contributed by atoms with Gasteiger partial charge in [-0.15, -0.1) is 0 Å². The number of rotatable bonds is 9. The van der Waals surface area contributed by atoms with Gasteiger partial charge in [-0.25, -0.2) is 8.42 Å². The number of hydrogen-bond donors (Lipinski definition) is 0. The fourth-order valence-corrected chi connectivity index (χ4v) is 5.02. The molecule has 31 heavy (non-hydrogen) atoms. The van der Waals surface area contributed by atoms with Crippen molar-refractivity contribution in [2.75, 3.05) is 32.8 Å². The van der Waals surface area contributed by atoms with Gasteiger partial charge in [-0.3, -0.25) is 9.59 Å². The van der Waals surface area contributed by atoms with E-state index in [1.165, 1.54) is 4.31 Å². The van der Waals surface area contributed by atoms with Crippen molar-refractivity contribution in [2.45, 2.75) is 51.3 Å². The summed E-state index contributed by atoms with van der Waals surface area (Å²) in [5, 5.41) is 0. The maximum absolute atomic E-state index is 12.9. The van der Waals surface area contributed by atoms with E-state index < -0.39 is 21.9 Å². The third-order valence-corrected chi connectivity index (χ3v) is 7.42. The molecule has 0 aliphatic carbocycles. The van der Waals surface area contributed by atoms with Crippen LogP contribution in [0.2, 0.25) is 0 Å². The van der Waals surface area contributed by atoms with Crippen LogP contribution in [0.25, 0.3) is 0 Å². The van der Waals surface area contributed by atoms with Crippen LogP contribution < -0.4 is 0 Å². The van der Waals surface area contributed by atoms with Crippen molar-refractivity contribution in [3.8, 4) is 0 Å². The number of carbonyl (C=O) groups excluding carboxylic acids is 2. The van der Waals surface area contributed by atoms with Gasteiger partial charge < -0.3 is 9.64 Å². The van der Waals surface area contributed by atoms with Gasteiger partial charge in [-0.2, -0.15) is 4.31 Å². The average molecular weight is 451 g/mol. The van der Waals surface area contributed by atoms with Gasteiger partial charge in [0, 0.05) is 26.2 Å². The molecule has 1 amide bonds. The Hall–Kier alpha value is -2.19. The van der Waals surface area contributed by atoms with Crippen LogP contribution >= 0.6 is 0 Å². The quantitative estimate of drug-likeness (QED) is 0.426. The molecule has 8 heteroatoms. The lowest BCUT2D eigenvalue weighted by atomic mass is 9.98. The Morgan fingerprint density at radius 1 is 1.19 bits per heavy atom. The first kappa shape index (κ1) is 25.1. The second-order valence-electron chi connectivity index (χ2n) is 8.37. The number of nitrogens with zero attached hydrogens (tertiary/aromatic N) is 2. The van der Waals surface area contributed by atoms with Crippen molar-refractivity contribution in [1.29, 1.82) is 0 Å². The van der Waals surface area contributed by atoms with Crippen LogP contribution in [-0.2, 0) is 24.3 Å². The normalized spacial score (nSPS) is 15.6. The summed E-state index contributed by atoms with van der Waals surface area (Å²) in [5.41, 5.74) is 1.94. The van der Waals surface area contributed by atoms with Crippen LogP contribution in [0.3, 0.4) is 0 Å². The first-order valence-electron chi connectivity index (χ1n) is 10.7. The molecule has 1 aromatic rings. The highest BCUT2D eigenvalue weighted by molar-refractivity contribution is 7.89. The molecule has 0 bridgehead atoms. The highest BCUT2D eigenvalue weighted by Crippen LogP contribution is 2.26. The van der Waals surface area contributed by atoms with Crippen LogP contribution in [0.1, 0.15) is 52.0 Å². The SMILES string of the molecule is C=C(C)CN(CC)C(=O)COC(=O)C1CCN(S(=O)(=O)c2ccc(C(C)C)cc2)CC1. The lowest BCUT2D eigenvalue weighted by Gasteiger charge is -2.30. The van der Waals surface area contributed by atoms with Crippen LogP contribution in [0.4, 0.5) is 0 Å². The lowest BCUT2D eigenvalue weighted by Crippen LogP contribution is -2.41. The number of hydrogen-bond acceptors (Lipinski definition) is 5. The van der Waals surface area contributed by atoms with E-state index in [0.717, 1.165) is 11.1 Å². The maximum Gasteiger partial charge on any atom is 0.309 e. The Balaban J connectivity index is 1.89. The molecule has 0 unspecified atom stereocenters. The average Bonchev–Trinajstić information content (AvgIpc) is 2.75. The number of esters is 1. The molecule has 0 saturated carbocycles. The standard InChI is InChI=1S/C23H34N2O5S/c1-6-24(15-17(2)3)22(26)16-30-23(27)20-11-13-25(14-12-20)31(28,29)21-9-7-19(8-10-21)18(4)5/h7-10,18,20H,2,6,11-16H2,1,3-5H3. The number of amides is 1. The van der Waals surface area contributed by atoms with E-state index in [2.05, 4.69) is 20.4 Å². The van der Waals surface area contributed by atoms with Crippen LogP contribution in [0.15, 0.2) is 41.3 Å². The minimum absolute atomic E-state index is 0.249. The Labute approximate surface area is 186 Å². The summed E-state index contributed by atoms with van der Waals surface area (Å²) >= 11 is 0. The van der Waals surface area contributed by atoms with Gasteiger partial charge >= 0.3 is 5.97 Å². The second-order valence-corrected chi connectivity index (χ2v) is 10.3. The highest BCUT2D eigenvalue weighted by Gasteiger charge is 2.33. The van der Waals surface area contributed by atoms with Crippen LogP contribution in [0, 0.1) is 5.92 Å². The molecular formula is C23H34N2O5S. The number of likely N-dealkylation sites (N-methyl/N-ethyl adjacent to an activating group) is 1. The predicted octanol–water partition coefficient (Wildman–Crippen LogP) is 3.18. The summed E-state index contributed by atoms with van der Waals surface area (Å²) in [6, 6.07) is 6.96. The molecular weight excluding hydrogens is 416 g/mol. The number of benzene rings is 1. The van der Waals surface area contributed by atoms with E-state index in [4.69, 9.17) is 4.74 Å². The second kappa shape index (κ2) is 10.9. The van der Waals surface area contributed by atoms with Gasteiger partial charge in [0.05, 0.1) is 10.8 Å². The Morgan fingerprint density at radius 3 is 2.26 bits per heavy atom. The summed E-state index contributed by atoms with van der Waals surface area (Å²) in [7, 11) is -3.59. The number of ether oxygens (including phenoxy) is 1. The van der Waals surface area contributed by atoms with Crippen molar-refractivity contribution in [2.24, 2.45) is 5.92 Å². The van der Waals surface area contributed by atoms with Gasteiger partial charge in [-0.05, 0) is 50.3 Å². The first-order valence-corrected chi connectivity index (χ1v) is 12.2. The predicted molar refractivity (Wildman–Crippen MR) is 120 cm³/mol. The summed E-state index contributed by atoms with van der Waals surface area (Å²) < 4.78 is 32.5. The topological polar surface area (TPSA) is 84.0 Å². The molecule has 0 spiro atoms. The van der Waals surface area contributed by atoms with E-state index >= 15 is 0 Å². The number of piperidine rings is 1. The molecule has 1 heterocycles. The smallest absolute Gasteiger partial charge is 0.309 e. The van der Waals surface area contributed by atoms with Crippen molar-refractivity contribution in [3.05, 3.63) is 42.0 Å².